The van der Waals surface area contributed by atoms with Gasteiger partial charge in [-0.15, -0.1) is 0 Å². The topological polar surface area (TPSA) is 72.7 Å². The fraction of sp³-hybridized carbons (Fsp3) is 0.444. The second-order valence-electron chi connectivity index (χ2n) is 6.61. The number of aromatic nitrogens is 2. The van der Waals surface area contributed by atoms with Gasteiger partial charge in [-0.05, 0) is 37.1 Å². The van der Waals surface area contributed by atoms with E-state index in [2.05, 4.69) is 25.8 Å². The lowest BCUT2D eigenvalue weighted by Crippen LogP contribution is -2.46. The summed E-state index contributed by atoms with van der Waals surface area (Å²) in [7, 11) is 0. The van der Waals surface area contributed by atoms with Crippen molar-refractivity contribution < 1.29 is 10.2 Å². The zero-order valence-electron chi connectivity index (χ0n) is 13.5. The lowest BCUT2D eigenvalue weighted by atomic mass is 9.80. The standard InChI is InChI=1S/C18H22N4O2/c23-15-3-1-14(2-4-15)21-5-7-22(8-6-21)18-11-17(19-12-20-18)13-9-16(24)10-13/h1-4,11-13,16,23-24H,5-10H2. The Morgan fingerprint density at radius 3 is 2.25 bits per heavy atom. The lowest BCUT2D eigenvalue weighted by Gasteiger charge is -2.37. The van der Waals surface area contributed by atoms with Crippen LogP contribution in [0.3, 0.4) is 0 Å². The van der Waals surface area contributed by atoms with E-state index in [1.165, 1.54) is 0 Å². The number of aliphatic hydroxyl groups excluding tert-OH is 1. The third kappa shape index (κ3) is 3.01. The monoisotopic (exact) mass is 326 g/mol. The Hall–Kier alpha value is -2.34. The van der Waals surface area contributed by atoms with Gasteiger partial charge in [-0.1, -0.05) is 0 Å². The highest BCUT2D eigenvalue weighted by Gasteiger charge is 2.30. The molecule has 4 rings (SSSR count). The number of aliphatic hydroxyl groups is 1. The summed E-state index contributed by atoms with van der Waals surface area (Å²) in [6.45, 7) is 3.66. The number of hydrogen-bond donors (Lipinski definition) is 2. The van der Waals surface area contributed by atoms with Crippen LogP contribution in [0.5, 0.6) is 5.75 Å². The molecule has 6 heteroatoms. The van der Waals surface area contributed by atoms with Crippen LogP contribution in [0, 0.1) is 0 Å². The molecule has 0 bridgehead atoms. The number of anilines is 2. The molecule has 2 aromatic rings. The second-order valence-corrected chi connectivity index (χ2v) is 6.61. The smallest absolute Gasteiger partial charge is 0.132 e. The first kappa shape index (κ1) is 15.2. The van der Waals surface area contributed by atoms with Gasteiger partial charge in [0.25, 0.3) is 0 Å². The van der Waals surface area contributed by atoms with E-state index in [1.54, 1.807) is 18.5 Å². The minimum Gasteiger partial charge on any atom is -0.508 e. The molecule has 0 unspecified atom stereocenters. The average molecular weight is 326 g/mol. The zero-order valence-corrected chi connectivity index (χ0v) is 13.5. The van der Waals surface area contributed by atoms with Crippen molar-refractivity contribution in [2.45, 2.75) is 24.9 Å². The summed E-state index contributed by atoms with van der Waals surface area (Å²) in [4.78, 5) is 13.4. The molecule has 0 spiro atoms. The summed E-state index contributed by atoms with van der Waals surface area (Å²) in [6.07, 6.45) is 3.10. The van der Waals surface area contributed by atoms with Crippen LogP contribution in [-0.2, 0) is 0 Å². The van der Waals surface area contributed by atoms with Crippen molar-refractivity contribution in [1.29, 1.82) is 0 Å². The summed E-state index contributed by atoms with van der Waals surface area (Å²) < 4.78 is 0. The molecule has 0 atom stereocenters. The van der Waals surface area contributed by atoms with Crippen LogP contribution in [0.4, 0.5) is 11.5 Å². The lowest BCUT2D eigenvalue weighted by molar-refractivity contribution is 0.0732. The minimum absolute atomic E-state index is 0.165. The Morgan fingerprint density at radius 2 is 1.58 bits per heavy atom. The maximum atomic E-state index is 9.48. The fourth-order valence-corrected chi connectivity index (χ4v) is 3.44. The van der Waals surface area contributed by atoms with Crippen molar-refractivity contribution in [1.82, 2.24) is 9.97 Å². The highest BCUT2D eigenvalue weighted by molar-refractivity contribution is 5.51. The first-order chi connectivity index (χ1) is 11.7. The Labute approximate surface area is 141 Å². The molecule has 1 aromatic heterocycles. The van der Waals surface area contributed by atoms with Crippen molar-refractivity contribution in [3.63, 3.8) is 0 Å². The number of benzene rings is 1. The van der Waals surface area contributed by atoms with Gasteiger partial charge in [0.15, 0.2) is 0 Å². The second kappa shape index (κ2) is 6.28. The maximum absolute atomic E-state index is 9.48. The van der Waals surface area contributed by atoms with Gasteiger partial charge in [0, 0.05) is 49.5 Å². The highest BCUT2D eigenvalue weighted by atomic mass is 16.3. The molecule has 2 heterocycles. The Morgan fingerprint density at radius 1 is 0.917 bits per heavy atom. The molecule has 1 aliphatic carbocycles. The average Bonchev–Trinajstić information content (AvgIpc) is 2.60. The van der Waals surface area contributed by atoms with Gasteiger partial charge in [-0.25, -0.2) is 9.97 Å². The zero-order chi connectivity index (χ0) is 16.5. The molecular formula is C18H22N4O2. The van der Waals surface area contributed by atoms with Crippen LogP contribution < -0.4 is 9.80 Å². The van der Waals surface area contributed by atoms with Crippen LogP contribution in [0.1, 0.15) is 24.5 Å². The molecule has 126 valence electrons. The van der Waals surface area contributed by atoms with E-state index >= 15 is 0 Å². The number of hydrogen-bond acceptors (Lipinski definition) is 6. The largest absolute Gasteiger partial charge is 0.508 e. The van der Waals surface area contributed by atoms with E-state index in [-0.39, 0.29) is 6.10 Å². The third-order valence-electron chi connectivity index (χ3n) is 5.02. The molecule has 1 aliphatic heterocycles. The van der Waals surface area contributed by atoms with Gasteiger partial charge in [0.2, 0.25) is 0 Å². The Bertz CT molecular complexity index is 692. The SMILES string of the molecule is Oc1ccc(N2CCN(c3cc(C4CC(O)C4)ncn3)CC2)cc1. The third-order valence-corrected chi connectivity index (χ3v) is 5.02. The van der Waals surface area contributed by atoms with Crippen molar-refractivity contribution in [3.8, 4) is 5.75 Å². The van der Waals surface area contributed by atoms with Crippen LogP contribution in [0.25, 0.3) is 0 Å². The van der Waals surface area contributed by atoms with Crippen molar-refractivity contribution in [2.24, 2.45) is 0 Å². The molecule has 2 aliphatic rings. The van der Waals surface area contributed by atoms with Gasteiger partial charge in [-0.2, -0.15) is 0 Å². The van der Waals surface area contributed by atoms with E-state index < -0.39 is 0 Å². The Kier molecular flexibility index (Phi) is 3.98. The molecule has 1 saturated carbocycles. The number of phenolic OH excluding ortho intramolecular Hbond substituents is 1. The number of piperazine rings is 1. The summed E-state index contributed by atoms with van der Waals surface area (Å²) in [6, 6.07) is 9.44. The molecule has 2 N–H and O–H groups in total. The molecule has 2 fully saturated rings. The van der Waals surface area contributed by atoms with Crippen molar-refractivity contribution >= 4 is 11.5 Å². The van der Waals surface area contributed by atoms with E-state index in [1.807, 2.05) is 12.1 Å². The predicted octanol–water partition coefficient (Wildman–Crippen LogP) is 1.75. The molecule has 1 aromatic carbocycles. The molecule has 1 saturated heterocycles. The summed E-state index contributed by atoms with van der Waals surface area (Å²) in [5.74, 6) is 1.65. The van der Waals surface area contributed by atoms with Gasteiger partial charge >= 0.3 is 0 Å². The minimum atomic E-state index is -0.165. The fourth-order valence-electron chi connectivity index (χ4n) is 3.44. The van der Waals surface area contributed by atoms with E-state index in [9.17, 15) is 10.2 Å². The quantitative estimate of drug-likeness (QED) is 0.895. The van der Waals surface area contributed by atoms with Crippen LogP contribution >= 0.6 is 0 Å². The molecule has 0 amide bonds. The van der Waals surface area contributed by atoms with Gasteiger partial charge in [0.1, 0.15) is 17.9 Å². The first-order valence-corrected chi connectivity index (χ1v) is 8.48. The number of phenols is 1. The van der Waals surface area contributed by atoms with Crippen molar-refractivity contribution in [2.75, 3.05) is 36.0 Å². The van der Waals surface area contributed by atoms with Gasteiger partial charge in [-0.3, -0.25) is 0 Å². The molecule has 0 radical (unpaired) electrons. The van der Waals surface area contributed by atoms with E-state index in [0.717, 1.165) is 56.2 Å². The molecule has 6 nitrogen and oxygen atoms in total. The number of aromatic hydroxyl groups is 1. The number of rotatable bonds is 3. The summed E-state index contributed by atoms with van der Waals surface area (Å²) in [5.41, 5.74) is 2.19. The first-order valence-electron chi connectivity index (χ1n) is 8.48. The Balaban J connectivity index is 1.40. The predicted molar refractivity (Wildman–Crippen MR) is 92.5 cm³/mol. The molecular weight excluding hydrogens is 304 g/mol. The van der Waals surface area contributed by atoms with Crippen LogP contribution in [-0.4, -0.2) is 52.5 Å². The van der Waals surface area contributed by atoms with E-state index in [4.69, 9.17) is 0 Å². The summed E-state index contributed by atoms with van der Waals surface area (Å²) in [5, 5.41) is 18.9. The van der Waals surface area contributed by atoms with Crippen molar-refractivity contribution in [3.05, 3.63) is 42.4 Å². The van der Waals surface area contributed by atoms with Crippen LogP contribution in [0.15, 0.2) is 36.7 Å². The van der Waals surface area contributed by atoms with Gasteiger partial charge < -0.3 is 20.0 Å². The number of nitrogens with zero attached hydrogens (tertiary/aromatic N) is 4. The summed E-state index contributed by atoms with van der Waals surface area (Å²) >= 11 is 0. The molecule has 24 heavy (non-hydrogen) atoms. The van der Waals surface area contributed by atoms with Gasteiger partial charge in [0.05, 0.1) is 6.10 Å². The highest BCUT2D eigenvalue weighted by Crippen LogP contribution is 2.36. The normalized spacial score (nSPS) is 23.9. The maximum Gasteiger partial charge on any atom is 0.132 e. The van der Waals surface area contributed by atoms with E-state index in [0.29, 0.717) is 11.7 Å². The van der Waals surface area contributed by atoms with Crippen LogP contribution in [0.2, 0.25) is 0 Å².